The summed E-state index contributed by atoms with van der Waals surface area (Å²) in [6.07, 6.45) is 4.13. The zero-order valence-corrected chi connectivity index (χ0v) is 11.8. The molecule has 0 aromatic heterocycles. The molecule has 0 bridgehead atoms. The van der Waals surface area contributed by atoms with E-state index >= 15 is 0 Å². The lowest BCUT2D eigenvalue weighted by Crippen LogP contribution is -2.50. The Morgan fingerprint density at radius 3 is 2.25 bits per heavy atom. The van der Waals surface area contributed by atoms with E-state index in [4.69, 9.17) is 0 Å². The Morgan fingerprint density at radius 2 is 1.81 bits per heavy atom. The van der Waals surface area contributed by atoms with Crippen molar-refractivity contribution in [2.24, 2.45) is 5.92 Å². The molecule has 0 aromatic carbocycles. The highest BCUT2D eigenvalue weighted by atomic mass is 15.2. The molecule has 0 aromatic rings. The number of nitrogens with zero attached hydrogens (tertiary/aromatic N) is 1. The van der Waals surface area contributed by atoms with Gasteiger partial charge in [-0.2, -0.15) is 0 Å². The first-order chi connectivity index (χ1) is 7.56. The maximum absolute atomic E-state index is 3.62. The van der Waals surface area contributed by atoms with Crippen LogP contribution in [0.25, 0.3) is 0 Å². The number of nitrogens with one attached hydrogen (secondary N) is 1. The lowest BCUT2D eigenvalue weighted by atomic mass is 10.1. The summed E-state index contributed by atoms with van der Waals surface area (Å²) in [6, 6.07) is 1.91. The van der Waals surface area contributed by atoms with Gasteiger partial charge in [-0.1, -0.05) is 6.92 Å². The molecule has 1 saturated carbocycles. The summed E-state index contributed by atoms with van der Waals surface area (Å²) < 4.78 is 0. The summed E-state index contributed by atoms with van der Waals surface area (Å²) in [5, 5.41) is 3.62. The fourth-order valence-electron chi connectivity index (χ4n) is 2.28. The SMILES string of the molecule is CCCNC(C)C(C)N(CC1CC1)C(C)C. The van der Waals surface area contributed by atoms with E-state index in [1.54, 1.807) is 0 Å². The first-order valence-electron chi connectivity index (χ1n) is 7.05. The van der Waals surface area contributed by atoms with Gasteiger partial charge >= 0.3 is 0 Å². The number of hydrogen-bond donors (Lipinski definition) is 1. The van der Waals surface area contributed by atoms with Gasteiger partial charge < -0.3 is 5.32 Å². The maximum Gasteiger partial charge on any atom is 0.0221 e. The minimum absolute atomic E-state index is 0.598. The fraction of sp³-hybridized carbons (Fsp3) is 1.00. The molecule has 0 aliphatic heterocycles. The molecular formula is C14H30N2. The summed E-state index contributed by atoms with van der Waals surface area (Å²) >= 11 is 0. The van der Waals surface area contributed by atoms with Gasteiger partial charge in [-0.15, -0.1) is 0 Å². The average molecular weight is 226 g/mol. The van der Waals surface area contributed by atoms with E-state index in [-0.39, 0.29) is 0 Å². The van der Waals surface area contributed by atoms with E-state index in [0.29, 0.717) is 18.1 Å². The van der Waals surface area contributed by atoms with E-state index in [9.17, 15) is 0 Å². The summed E-state index contributed by atoms with van der Waals surface area (Å²) in [5.41, 5.74) is 0. The van der Waals surface area contributed by atoms with Crippen molar-refractivity contribution in [1.82, 2.24) is 10.2 Å². The summed E-state index contributed by atoms with van der Waals surface area (Å²) in [4.78, 5) is 2.67. The van der Waals surface area contributed by atoms with Crippen LogP contribution in [0.3, 0.4) is 0 Å². The molecule has 1 N–H and O–H groups in total. The molecule has 0 spiro atoms. The second-order valence-electron chi connectivity index (χ2n) is 5.72. The van der Waals surface area contributed by atoms with Gasteiger partial charge in [0, 0.05) is 24.7 Å². The van der Waals surface area contributed by atoms with Crippen molar-refractivity contribution in [3.8, 4) is 0 Å². The van der Waals surface area contributed by atoms with Crippen LogP contribution in [0.1, 0.15) is 53.9 Å². The molecular weight excluding hydrogens is 196 g/mol. The Hall–Kier alpha value is -0.0800. The van der Waals surface area contributed by atoms with Crippen LogP contribution in [-0.2, 0) is 0 Å². The van der Waals surface area contributed by atoms with Crippen LogP contribution in [0.4, 0.5) is 0 Å². The summed E-state index contributed by atoms with van der Waals surface area (Å²) in [6.45, 7) is 14.0. The van der Waals surface area contributed by atoms with Crippen molar-refractivity contribution in [3.63, 3.8) is 0 Å². The molecule has 0 saturated heterocycles. The summed E-state index contributed by atoms with van der Waals surface area (Å²) in [5.74, 6) is 0.989. The molecule has 0 heterocycles. The molecule has 2 atom stereocenters. The maximum atomic E-state index is 3.62. The molecule has 2 unspecified atom stereocenters. The van der Waals surface area contributed by atoms with Crippen molar-refractivity contribution < 1.29 is 0 Å². The molecule has 2 heteroatoms. The van der Waals surface area contributed by atoms with Crippen LogP contribution in [-0.4, -0.2) is 36.1 Å². The second-order valence-corrected chi connectivity index (χ2v) is 5.72. The standard InChI is InChI=1S/C14H30N2/c1-6-9-15-12(4)13(5)16(11(2)3)10-14-7-8-14/h11-15H,6-10H2,1-5H3. The molecule has 0 amide bonds. The minimum Gasteiger partial charge on any atom is -0.313 e. The van der Waals surface area contributed by atoms with Gasteiger partial charge in [-0.05, 0) is 59.4 Å². The van der Waals surface area contributed by atoms with E-state index in [1.165, 1.54) is 25.8 Å². The Bertz CT molecular complexity index is 187. The zero-order valence-electron chi connectivity index (χ0n) is 11.8. The molecule has 1 aliphatic carbocycles. The molecule has 96 valence electrons. The topological polar surface area (TPSA) is 15.3 Å². The van der Waals surface area contributed by atoms with Crippen molar-refractivity contribution in [3.05, 3.63) is 0 Å². The van der Waals surface area contributed by atoms with Crippen LogP contribution in [0.2, 0.25) is 0 Å². The predicted octanol–water partition coefficient (Wildman–Crippen LogP) is 2.88. The molecule has 2 nitrogen and oxygen atoms in total. The Morgan fingerprint density at radius 1 is 1.19 bits per heavy atom. The van der Waals surface area contributed by atoms with Gasteiger partial charge in [-0.3, -0.25) is 4.90 Å². The lowest BCUT2D eigenvalue weighted by Gasteiger charge is -2.36. The summed E-state index contributed by atoms with van der Waals surface area (Å²) in [7, 11) is 0. The second kappa shape index (κ2) is 6.61. The van der Waals surface area contributed by atoms with Crippen LogP contribution < -0.4 is 5.32 Å². The van der Waals surface area contributed by atoms with Crippen molar-refractivity contribution >= 4 is 0 Å². The van der Waals surface area contributed by atoms with E-state index in [1.807, 2.05) is 0 Å². The van der Waals surface area contributed by atoms with Crippen molar-refractivity contribution in [1.29, 1.82) is 0 Å². The largest absolute Gasteiger partial charge is 0.313 e. The Balaban J connectivity index is 2.40. The normalized spacial score (nSPS) is 20.4. The smallest absolute Gasteiger partial charge is 0.0221 e. The first kappa shape index (κ1) is 14.0. The molecule has 0 radical (unpaired) electrons. The van der Waals surface area contributed by atoms with Crippen molar-refractivity contribution in [2.45, 2.75) is 72.0 Å². The third kappa shape index (κ3) is 4.42. The molecule has 1 aliphatic rings. The van der Waals surface area contributed by atoms with Crippen LogP contribution >= 0.6 is 0 Å². The highest BCUT2D eigenvalue weighted by Crippen LogP contribution is 2.31. The highest BCUT2D eigenvalue weighted by Gasteiger charge is 2.29. The quantitative estimate of drug-likeness (QED) is 0.684. The van der Waals surface area contributed by atoms with Crippen LogP contribution in [0.15, 0.2) is 0 Å². The van der Waals surface area contributed by atoms with Gasteiger partial charge in [-0.25, -0.2) is 0 Å². The van der Waals surface area contributed by atoms with Crippen LogP contribution in [0, 0.1) is 5.92 Å². The minimum atomic E-state index is 0.598. The third-order valence-corrected chi connectivity index (χ3v) is 3.79. The molecule has 1 rings (SSSR count). The van der Waals surface area contributed by atoms with Gasteiger partial charge in [0.15, 0.2) is 0 Å². The van der Waals surface area contributed by atoms with Crippen LogP contribution in [0.5, 0.6) is 0 Å². The Kier molecular flexibility index (Phi) is 5.77. The van der Waals surface area contributed by atoms with Gasteiger partial charge in [0.1, 0.15) is 0 Å². The highest BCUT2D eigenvalue weighted by molar-refractivity contribution is 4.85. The van der Waals surface area contributed by atoms with E-state index < -0.39 is 0 Å². The van der Waals surface area contributed by atoms with Gasteiger partial charge in [0.2, 0.25) is 0 Å². The number of rotatable bonds is 8. The molecule has 1 fully saturated rings. The lowest BCUT2D eigenvalue weighted by molar-refractivity contribution is 0.130. The predicted molar refractivity (Wildman–Crippen MR) is 71.8 cm³/mol. The van der Waals surface area contributed by atoms with E-state index in [0.717, 1.165) is 12.5 Å². The average Bonchev–Trinajstić information content (AvgIpc) is 3.04. The van der Waals surface area contributed by atoms with Gasteiger partial charge in [0.05, 0.1) is 0 Å². The zero-order chi connectivity index (χ0) is 12.1. The van der Waals surface area contributed by atoms with Gasteiger partial charge in [0.25, 0.3) is 0 Å². The molecule has 16 heavy (non-hydrogen) atoms. The fourth-order valence-corrected chi connectivity index (χ4v) is 2.28. The Labute approximate surface area is 102 Å². The third-order valence-electron chi connectivity index (χ3n) is 3.79. The van der Waals surface area contributed by atoms with Crippen molar-refractivity contribution in [2.75, 3.05) is 13.1 Å². The number of hydrogen-bond acceptors (Lipinski definition) is 2. The monoisotopic (exact) mass is 226 g/mol. The first-order valence-corrected chi connectivity index (χ1v) is 7.05. The van der Waals surface area contributed by atoms with E-state index in [2.05, 4.69) is 44.8 Å².